The van der Waals surface area contributed by atoms with Gasteiger partial charge in [0.2, 0.25) is 0 Å². The summed E-state index contributed by atoms with van der Waals surface area (Å²) in [6.07, 6.45) is 2.93. The summed E-state index contributed by atoms with van der Waals surface area (Å²) in [5.74, 6) is 0.498. The molecule has 0 saturated carbocycles. The molecule has 1 fully saturated rings. The van der Waals surface area contributed by atoms with Crippen LogP contribution >= 0.6 is 11.3 Å². The fourth-order valence-corrected chi connectivity index (χ4v) is 5.90. The molecule has 1 atom stereocenters. The minimum atomic E-state index is 0.116. The summed E-state index contributed by atoms with van der Waals surface area (Å²) >= 11 is 1.64. The lowest BCUT2D eigenvalue weighted by atomic mass is 9.95. The highest BCUT2D eigenvalue weighted by Gasteiger charge is 2.31. The maximum absolute atomic E-state index is 12.9. The van der Waals surface area contributed by atoms with Crippen molar-refractivity contribution in [2.24, 2.45) is 0 Å². The number of hydrogen-bond acceptors (Lipinski definition) is 4. The third-order valence-electron chi connectivity index (χ3n) is 6.04. The molecule has 1 amide bonds. The molecule has 152 valence electrons. The first-order valence-electron chi connectivity index (χ1n) is 10.4. The van der Waals surface area contributed by atoms with Crippen LogP contribution in [0, 0.1) is 0 Å². The van der Waals surface area contributed by atoms with Crippen LogP contribution in [0.2, 0.25) is 0 Å². The molecule has 0 unspecified atom stereocenters. The van der Waals surface area contributed by atoms with Crippen LogP contribution in [-0.4, -0.2) is 47.9 Å². The molecule has 0 radical (unpaired) electrons. The minimum Gasteiger partial charge on any atom is -0.344 e. The zero-order valence-corrected chi connectivity index (χ0v) is 18.2. The van der Waals surface area contributed by atoms with Crippen LogP contribution in [0.5, 0.6) is 0 Å². The summed E-state index contributed by atoms with van der Waals surface area (Å²) < 4.78 is 1.20. The van der Waals surface area contributed by atoms with Gasteiger partial charge in [0.05, 0.1) is 10.4 Å². The maximum atomic E-state index is 12.9. The van der Waals surface area contributed by atoms with E-state index >= 15 is 0 Å². The van der Waals surface area contributed by atoms with E-state index in [0.717, 1.165) is 36.4 Å². The second-order valence-corrected chi connectivity index (χ2v) is 9.30. The number of carbonyl (C=O) groups is 1. The Balaban J connectivity index is 1.45. The van der Waals surface area contributed by atoms with Crippen LogP contribution in [0.4, 0.5) is 0 Å². The number of rotatable bonds is 4. The number of nitrogens with zero attached hydrogens (tertiary/aromatic N) is 3. The van der Waals surface area contributed by atoms with Crippen LogP contribution in [0.25, 0.3) is 21.0 Å². The number of pyridine rings is 1. The van der Waals surface area contributed by atoms with Crippen molar-refractivity contribution in [1.82, 2.24) is 14.8 Å². The Morgan fingerprint density at radius 1 is 1.10 bits per heavy atom. The molecule has 1 aliphatic rings. The molecule has 0 bridgehead atoms. The number of thiophene rings is 1. The number of carbonyl (C=O) groups excluding carboxylic acids is 1. The fraction of sp³-hybridized carbons (Fsp3) is 0.280. The predicted molar refractivity (Wildman–Crippen MR) is 124 cm³/mol. The Morgan fingerprint density at radius 2 is 1.93 bits per heavy atom. The fourth-order valence-electron chi connectivity index (χ4n) is 4.59. The second-order valence-electron chi connectivity index (χ2n) is 8.25. The molecule has 3 heterocycles. The first kappa shape index (κ1) is 19.2. The van der Waals surface area contributed by atoms with Gasteiger partial charge in [-0.15, -0.1) is 11.3 Å². The molecule has 2 aromatic carbocycles. The van der Waals surface area contributed by atoms with E-state index in [1.165, 1.54) is 26.6 Å². The Kier molecular flexibility index (Phi) is 5.01. The van der Waals surface area contributed by atoms with Gasteiger partial charge in [-0.1, -0.05) is 36.4 Å². The number of hydrogen-bond donors (Lipinski definition) is 0. The van der Waals surface area contributed by atoms with Crippen molar-refractivity contribution < 1.29 is 4.79 Å². The highest BCUT2D eigenvalue weighted by atomic mass is 32.1. The lowest BCUT2D eigenvalue weighted by Gasteiger charge is -2.18. The summed E-state index contributed by atoms with van der Waals surface area (Å²) in [5, 5.41) is 2.47. The predicted octanol–water partition coefficient (Wildman–Crippen LogP) is 5.14. The van der Waals surface area contributed by atoms with E-state index < -0.39 is 0 Å². The molecular formula is C25H25N3OS. The van der Waals surface area contributed by atoms with Crippen molar-refractivity contribution in [2.75, 3.05) is 27.2 Å². The average Bonchev–Trinajstić information content (AvgIpc) is 3.37. The quantitative estimate of drug-likeness (QED) is 0.463. The molecule has 1 aliphatic heterocycles. The van der Waals surface area contributed by atoms with Gasteiger partial charge in [-0.3, -0.25) is 14.7 Å². The van der Waals surface area contributed by atoms with Crippen LogP contribution in [-0.2, 0) is 6.54 Å². The van der Waals surface area contributed by atoms with Gasteiger partial charge in [0, 0.05) is 49.4 Å². The van der Waals surface area contributed by atoms with E-state index in [4.69, 9.17) is 0 Å². The van der Waals surface area contributed by atoms with E-state index in [1.54, 1.807) is 16.2 Å². The molecule has 4 aromatic rings. The molecule has 4 nitrogen and oxygen atoms in total. The van der Waals surface area contributed by atoms with Gasteiger partial charge in [-0.25, -0.2) is 0 Å². The van der Waals surface area contributed by atoms with Crippen LogP contribution in [0.3, 0.4) is 0 Å². The zero-order chi connectivity index (χ0) is 20.7. The van der Waals surface area contributed by atoms with Crippen LogP contribution in [0.1, 0.15) is 33.1 Å². The summed E-state index contributed by atoms with van der Waals surface area (Å²) in [5.41, 5.74) is 3.62. The van der Waals surface area contributed by atoms with Crippen LogP contribution < -0.4 is 0 Å². The van der Waals surface area contributed by atoms with E-state index in [-0.39, 0.29) is 5.91 Å². The highest BCUT2D eigenvalue weighted by Crippen LogP contribution is 2.41. The van der Waals surface area contributed by atoms with Crippen molar-refractivity contribution in [3.63, 3.8) is 0 Å². The summed E-state index contributed by atoms with van der Waals surface area (Å²) in [6, 6.07) is 19.0. The van der Waals surface area contributed by atoms with Gasteiger partial charge < -0.3 is 4.90 Å². The molecular weight excluding hydrogens is 390 g/mol. The third kappa shape index (κ3) is 3.38. The van der Waals surface area contributed by atoms with Gasteiger partial charge in [0.25, 0.3) is 5.91 Å². The Labute approximate surface area is 180 Å². The number of benzene rings is 2. The molecule has 0 aliphatic carbocycles. The molecule has 0 spiro atoms. The van der Waals surface area contributed by atoms with Gasteiger partial charge in [0.15, 0.2) is 0 Å². The molecule has 2 aromatic heterocycles. The largest absolute Gasteiger partial charge is 0.344 e. The van der Waals surface area contributed by atoms with Gasteiger partial charge >= 0.3 is 0 Å². The van der Waals surface area contributed by atoms with Gasteiger partial charge in [-0.05, 0) is 47.7 Å². The minimum absolute atomic E-state index is 0.116. The molecule has 30 heavy (non-hydrogen) atoms. The number of amides is 1. The second kappa shape index (κ2) is 7.82. The molecule has 0 N–H and O–H groups in total. The van der Waals surface area contributed by atoms with Crippen molar-refractivity contribution in [3.8, 4) is 0 Å². The van der Waals surface area contributed by atoms with Crippen molar-refractivity contribution in [1.29, 1.82) is 0 Å². The van der Waals surface area contributed by atoms with E-state index in [9.17, 15) is 4.79 Å². The van der Waals surface area contributed by atoms with E-state index in [2.05, 4.69) is 58.4 Å². The first-order valence-corrected chi connectivity index (χ1v) is 11.2. The van der Waals surface area contributed by atoms with Crippen molar-refractivity contribution in [2.45, 2.75) is 18.9 Å². The maximum Gasteiger partial charge on any atom is 0.263 e. The van der Waals surface area contributed by atoms with Gasteiger partial charge in [-0.2, -0.15) is 0 Å². The number of likely N-dealkylation sites (tertiary alicyclic amines) is 1. The van der Waals surface area contributed by atoms with Crippen molar-refractivity contribution >= 4 is 38.2 Å². The number of aromatic nitrogens is 1. The van der Waals surface area contributed by atoms with E-state index in [0.29, 0.717) is 5.92 Å². The SMILES string of the molecule is CN(C)C(=O)c1sc2ccccc2c1[C@@H]1CCN(Cc2cccc3ncccc23)C1. The average molecular weight is 416 g/mol. The summed E-state index contributed by atoms with van der Waals surface area (Å²) in [7, 11) is 3.68. The standard InChI is InChI=1S/C25H25N3OS/c1-27(2)25(29)24-23(20-8-3-4-11-22(20)30-24)18-12-14-28(16-18)15-17-7-5-10-21-19(17)9-6-13-26-21/h3-11,13,18H,12,14-16H2,1-2H3/t18-/m1/s1. The third-order valence-corrected chi connectivity index (χ3v) is 7.22. The van der Waals surface area contributed by atoms with Crippen molar-refractivity contribution in [3.05, 3.63) is 76.8 Å². The first-order chi connectivity index (χ1) is 14.6. The lowest BCUT2D eigenvalue weighted by molar-refractivity contribution is 0.0831. The Morgan fingerprint density at radius 3 is 2.80 bits per heavy atom. The summed E-state index contributed by atoms with van der Waals surface area (Å²) in [4.78, 5) is 22.5. The Hall–Kier alpha value is -2.76. The molecule has 1 saturated heterocycles. The highest BCUT2D eigenvalue weighted by molar-refractivity contribution is 7.21. The molecule has 5 heteroatoms. The summed E-state index contributed by atoms with van der Waals surface area (Å²) in [6.45, 7) is 2.94. The topological polar surface area (TPSA) is 36.4 Å². The number of fused-ring (bicyclic) bond motifs is 2. The van der Waals surface area contributed by atoms with E-state index in [1.807, 2.05) is 26.4 Å². The smallest absolute Gasteiger partial charge is 0.263 e. The molecule has 5 rings (SSSR count). The Bertz CT molecular complexity index is 1220. The monoisotopic (exact) mass is 415 g/mol. The zero-order valence-electron chi connectivity index (χ0n) is 17.3. The van der Waals surface area contributed by atoms with Crippen LogP contribution in [0.15, 0.2) is 60.8 Å². The normalized spacial score (nSPS) is 17.1. The lowest BCUT2D eigenvalue weighted by Crippen LogP contribution is -2.23. The van der Waals surface area contributed by atoms with Gasteiger partial charge in [0.1, 0.15) is 0 Å².